The Hall–Kier alpha value is -0.850. The number of esters is 1. The Kier molecular flexibility index (Phi) is 4.51. The monoisotopic (exact) mass is 232 g/mol. The van der Waals surface area contributed by atoms with Crippen LogP contribution in [0.5, 0.6) is 0 Å². The van der Waals surface area contributed by atoms with E-state index in [-0.39, 0.29) is 6.61 Å². The number of ether oxygens (including phenoxy) is 1. The standard InChI is InChI=1S/C8H12F4O3/c1-3-15-5(13)4-7(2,14)8(11,12)6(9)10/h6,14H,3-4H2,1-2H3. The summed E-state index contributed by atoms with van der Waals surface area (Å²) in [5.74, 6) is -5.80. The molecule has 0 aliphatic heterocycles. The summed E-state index contributed by atoms with van der Waals surface area (Å²) in [5.41, 5.74) is -3.12. The lowest BCUT2D eigenvalue weighted by Gasteiger charge is -2.30. The van der Waals surface area contributed by atoms with E-state index < -0.39 is 30.3 Å². The van der Waals surface area contributed by atoms with Crippen LogP contribution in [0.4, 0.5) is 17.6 Å². The molecule has 0 aromatic carbocycles. The van der Waals surface area contributed by atoms with E-state index in [2.05, 4.69) is 4.74 Å². The fourth-order valence-electron chi connectivity index (χ4n) is 0.846. The number of carbonyl (C=O) groups is 1. The molecule has 1 atom stereocenters. The summed E-state index contributed by atoms with van der Waals surface area (Å²) in [4.78, 5) is 10.8. The number of hydrogen-bond donors (Lipinski definition) is 1. The maximum Gasteiger partial charge on any atom is 0.335 e. The van der Waals surface area contributed by atoms with Crippen LogP contribution in [-0.2, 0) is 9.53 Å². The highest BCUT2D eigenvalue weighted by Gasteiger charge is 2.57. The third kappa shape index (κ3) is 3.33. The molecule has 3 nitrogen and oxygen atoms in total. The van der Waals surface area contributed by atoms with Crippen molar-refractivity contribution in [2.75, 3.05) is 6.61 Å². The molecule has 0 saturated heterocycles. The number of aliphatic hydroxyl groups is 1. The quantitative estimate of drug-likeness (QED) is 0.578. The van der Waals surface area contributed by atoms with E-state index in [0.717, 1.165) is 0 Å². The molecule has 1 N–H and O–H groups in total. The van der Waals surface area contributed by atoms with Crippen molar-refractivity contribution in [3.8, 4) is 0 Å². The molecular weight excluding hydrogens is 220 g/mol. The first-order chi connectivity index (χ1) is 6.65. The van der Waals surface area contributed by atoms with Gasteiger partial charge < -0.3 is 9.84 Å². The summed E-state index contributed by atoms with van der Waals surface area (Å²) in [7, 11) is 0. The van der Waals surface area contributed by atoms with E-state index in [0.29, 0.717) is 6.92 Å². The van der Waals surface area contributed by atoms with Gasteiger partial charge in [0.05, 0.1) is 13.0 Å². The Balaban J connectivity index is 4.60. The first-order valence-corrected chi connectivity index (χ1v) is 4.19. The molecule has 0 aliphatic carbocycles. The molecule has 0 heterocycles. The fourth-order valence-corrected chi connectivity index (χ4v) is 0.846. The molecule has 0 bridgehead atoms. The van der Waals surface area contributed by atoms with Gasteiger partial charge in [-0.1, -0.05) is 0 Å². The van der Waals surface area contributed by atoms with Crippen LogP contribution in [0.3, 0.4) is 0 Å². The van der Waals surface area contributed by atoms with E-state index in [1.165, 1.54) is 6.92 Å². The molecule has 0 rings (SSSR count). The van der Waals surface area contributed by atoms with Gasteiger partial charge in [-0.25, -0.2) is 8.78 Å². The highest BCUT2D eigenvalue weighted by atomic mass is 19.3. The predicted molar refractivity (Wildman–Crippen MR) is 42.8 cm³/mol. The van der Waals surface area contributed by atoms with Crippen molar-refractivity contribution in [3.05, 3.63) is 0 Å². The largest absolute Gasteiger partial charge is 0.466 e. The maximum absolute atomic E-state index is 12.7. The van der Waals surface area contributed by atoms with Crippen molar-refractivity contribution in [2.24, 2.45) is 0 Å². The highest BCUT2D eigenvalue weighted by Crippen LogP contribution is 2.36. The molecule has 1 unspecified atom stereocenters. The number of hydrogen-bond acceptors (Lipinski definition) is 3. The molecule has 0 aromatic heterocycles. The zero-order valence-corrected chi connectivity index (χ0v) is 8.27. The second-order valence-electron chi connectivity index (χ2n) is 3.18. The summed E-state index contributed by atoms with van der Waals surface area (Å²) < 4.78 is 53.5. The summed E-state index contributed by atoms with van der Waals surface area (Å²) in [6, 6.07) is 0. The van der Waals surface area contributed by atoms with Gasteiger partial charge >= 0.3 is 18.3 Å². The van der Waals surface area contributed by atoms with Gasteiger partial charge in [0.1, 0.15) is 5.60 Å². The van der Waals surface area contributed by atoms with E-state index in [1.807, 2.05) is 0 Å². The minimum absolute atomic E-state index is 0.0742. The van der Waals surface area contributed by atoms with Crippen molar-refractivity contribution < 1.29 is 32.2 Å². The van der Waals surface area contributed by atoms with Crippen molar-refractivity contribution in [1.29, 1.82) is 0 Å². The lowest BCUT2D eigenvalue weighted by molar-refractivity contribution is -0.239. The maximum atomic E-state index is 12.7. The summed E-state index contributed by atoms with van der Waals surface area (Å²) >= 11 is 0. The van der Waals surface area contributed by atoms with Gasteiger partial charge in [-0.05, 0) is 13.8 Å². The fraction of sp³-hybridized carbons (Fsp3) is 0.875. The first kappa shape index (κ1) is 14.2. The van der Waals surface area contributed by atoms with Crippen LogP contribution in [0.2, 0.25) is 0 Å². The Morgan fingerprint density at radius 3 is 2.27 bits per heavy atom. The molecule has 90 valence electrons. The molecule has 0 spiro atoms. The molecule has 0 aliphatic rings. The molecule has 0 radical (unpaired) electrons. The summed E-state index contributed by atoms with van der Waals surface area (Å²) in [6.07, 6.45) is -5.22. The Morgan fingerprint density at radius 2 is 1.93 bits per heavy atom. The molecule has 15 heavy (non-hydrogen) atoms. The van der Waals surface area contributed by atoms with Crippen molar-refractivity contribution in [2.45, 2.75) is 38.2 Å². The van der Waals surface area contributed by atoms with Crippen LogP contribution in [-0.4, -0.2) is 35.6 Å². The van der Waals surface area contributed by atoms with Crippen LogP contribution < -0.4 is 0 Å². The first-order valence-electron chi connectivity index (χ1n) is 4.19. The second kappa shape index (κ2) is 4.78. The molecule has 0 saturated carbocycles. The molecule has 0 aromatic rings. The van der Waals surface area contributed by atoms with Crippen LogP contribution >= 0.6 is 0 Å². The number of halogens is 4. The van der Waals surface area contributed by atoms with Crippen LogP contribution in [0, 0.1) is 0 Å². The Labute approximate surface area is 84.0 Å². The Morgan fingerprint density at radius 1 is 1.47 bits per heavy atom. The molecule has 0 amide bonds. The van der Waals surface area contributed by atoms with E-state index in [9.17, 15) is 22.4 Å². The van der Waals surface area contributed by atoms with Crippen LogP contribution in [0.1, 0.15) is 20.3 Å². The average molecular weight is 232 g/mol. The zero-order valence-electron chi connectivity index (χ0n) is 8.27. The Bertz CT molecular complexity index is 228. The molecular formula is C8H12F4O3. The van der Waals surface area contributed by atoms with Crippen LogP contribution in [0.25, 0.3) is 0 Å². The number of rotatable bonds is 5. The predicted octanol–water partition coefficient (Wildman–Crippen LogP) is 1.59. The van der Waals surface area contributed by atoms with Crippen molar-refractivity contribution in [1.82, 2.24) is 0 Å². The van der Waals surface area contributed by atoms with Gasteiger partial charge in [-0.3, -0.25) is 4.79 Å². The van der Waals surface area contributed by atoms with Gasteiger partial charge in [0, 0.05) is 0 Å². The van der Waals surface area contributed by atoms with Gasteiger partial charge in [-0.15, -0.1) is 0 Å². The molecule has 7 heteroatoms. The number of alkyl halides is 4. The van der Waals surface area contributed by atoms with E-state index in [1.54, 1.807) is 0 Å². The second-order valence-corrected chi connectivity index (χ2v) is 3.18. The third-order valence-corrected chi connectivity index (χ3v) is 1.79. The van der Waals surface area contributed by atoms with Crippen LogP contribution in [0.15, 0.2) is 0 Å². The minimum atomic E-state index is -4.65. The van der Waals surface area contributed by atoms with E-state index in [4.69, 9.17) is 5.11 Å². The van der Waals surface area contributed by atoms with Crippen molar-refractivity contribution >= 4 is 5.97 Å². The summed E-state index contributed by atoms with van der Waals surface area (Å²) in [5, 5.41) is 9.08. The van der Waals surface area contributed by atoms with Gasteiger partial charge in [0.15, 0.2) is 0 Å². The lowest BCUT2D eigenvalue weighted by Crippen LogP contribution is -2.51. The topological polar surface area (TPSA) is 46.5 Å². The van der Waals surface area contributed by atoms with Crippen molar-refractivity contribution in [3.63, 3.8) is 0 Å². The average Bonchev–Trinajstić information content (AvgIpc) is 2.02. The number of carbonyl (C=O) groups excluding carboxylic acids is 1. The smallest absolute Gasteiger partial charge is 0.335 e. The third-order valence-electron chi connectivity index (χ3n) is 1.79. The lowest BCUT2D eigenvalue weighted by atomic mass is 9.94. The normalized spacial score (nSPS) is 16.3. The van der Waals surface area contributed by atoms with Gasteiger partial charge in [0.25, 0.3) is 0 Å². The minimum Gasteiger partial charge on any atom is -0.466 e. The summed E-state index contributed by atoms with van der Waals surface area (Å²) in [6.45, 7) is 1.82. The van der Waals surface area contributed by atoms with Gasteiger partial charge in [0.2, 0.25) is 0 Å². The van der Waals surface area contributed by atoms with E-state index >= 15 is 0 Å². The van der Waals surface area contributed by atoms with Gasteiger partial charge in [-0.2, -0.15) is 8.78 Å². The molecule has 0 fully saturated rings. The highest BCUT2D eigenvalue weighted by molar-refractivity contribution is 5.70. The SMILES string of the molecule is CCOC(=O)CC(C)(O)C(F)(F)C(F)F. The zero-order chi connectivity index (χ0) is 12.3.